The Morgan fingerprint density at radius 1 is 0.837 bits per heavy atom. The van der Waals surface area contributed by atoms with Gasteiger partial charge in [-0.2, -0.15) is 0 Å². The number of methoxy groups -OCH3 is 1. The molecule has 43 heavy (non-hydrogen) atoms. The minimum atomic E-state index is -1.24. The number of esters is 2. The molecule has 0 unspecified atom stereocenters. The lowest BCUT2D eigenvalue weighted by Crippen LogP contribution is -2.51. The van der Waals surface area contributed by atoms with Crippen molar-refractivity contribution in [3.63, 3.8) is 0 Å². The van der Waals surface area contributed by atoms with Crippen LogP contribution in [0.2, 0.25) is 0 Å². The fraction of sp³-hybridized carbons (Fsp3) is 0.441. The van der Waals surface area contributed by atoms with Crippen molar-refractivity contribution in [1.29, 1.82) is 0 Å². The monoisotopic (exact) mass is 593 g/mol. The third-order valence-corrected chi connectivity index (χ3v) is 6.10. The zero-order valence-corrected chi connectivity index (χ0v) is 25.9. The van der Waals surface area contributed by atoms with Gasteiger partial charge in [0.15, 0.2) is 6.04 Å². The topological polar surface area (TPSA) is 124 Å². The lowest BCUT2D eigenvalue weighted by Gasteiger charge is -2.24. The summed E-state index contributed by atoms with van der Waals surface area (Å²) in [7, 11) is 1.17. The van der Waals surface area contributed by atoms with E-state index in [2.05, 4.69) is 77.2 Å². The van der Waals surface area contributed by atoms with Crippen molar-refractivity contribution < 1.29 is 28.7 Å². The quantitative estimate of drug-likeness (QED) is 0.113. The Balaban J connectivity index is 2.30. The smallest absolute Gasteiger partial charge is 0.332 e. The number of aromatic nitrogens is 1. The fourth-order valence-corrected chi connectivity index (χ4v) is 3.69. The van der Waals surface area contributed by atoms with Gasteiger partial charge in [0.25, 0.3) is 5.91 Å². The molecule has 2 amide bonds. The maximum absolute atomic E-state index is 12.6. The molecule has 1 aromatic rings. The van der Waals surface area contributed by atoms with Crippen LogP contribution >= 0.6 is 0 Å². The van der Waals surface area contributed by atoms with Gasteiger partial charge in [0.2, 0.25) is 5.91 Å². The molecule has 0 bridgehead atoms. The van der Waals surface area contributed by atoms with E-state index in [4.69, 9.17) is 9.47 Å². The molecular weight excluding hydrogens is 546 g/mol. The molecule has 9 heteroatoms. The van der Waals surface area contributed by atoms with Gasteiger partial charge < -0.3 is 20.1 Å². The van der Waals surface area contributed by atoms with Crippen LogP contribution in [0.4, 0.5) is 0 Å². The first kappa shape index (κ1) is 36.8. The number of pyridine rings is 1. The first-order valence-electron chi connectivity index (χ1n) is 14.8. The summed E-state index contributed by atoms with van der Waals surface area (Å²) in [6.07, 6.45) is 29.6. The summed E-state index contributed by atoms with van der Waals surface area (Å²) in [6.45, 7) is 5.09. The second kappa shape index (κ2) is 23.3. The second-order valence-electron chi connectivity index (χ2n) is 9.75. The van der Waals surface area contributed by atoms with Crippen molar-refractivity contribution in [3.05, 3.63) is 90.9 Å². The van der Waals surface area contributed by atoms with Gasteiger partial charge in [-0.25, -0.2) is 9.59 Å². The zero-order valence-electron chi connectivity index (χ0n) is 25.9. The van der Waals surface area contributed by atoms with Crippen LogP contribution in [-0.2, 0) is 23.9 Å². The third kappa shape index (κ3) is 17.3. The largest absolute Gasteiger partial charge is 0.467 e. The molecule has 0 spiro atoms. The molecule has 2 N–H and O–H groups in total. The molecule has 0 aromatic carbocycles. The first-order chi connectivity index (χ1) is 20.8. The standard InChI is InChI=1S/C34H47N3O6/c1-5-6-7-8-9-10-11-12-13-14-15-16-17-18-19-20-21-24-30(38)36-27(2)33(40)43-28(3)31(34(41)42-4)37-32(39)29-23-22-25-35-26-29/h6-7,9-10,12-13,15-16,18-19,22-23,25-28,31H,5,8,11,14,17,20-21,24H2,1-4H3,(H,36,38)(H,37,39)/b7-6-,10-9-,13-12-,16-15-,19-18-/t27-,28-,31-/m0/s1. The van der Waals surface area contributed by atoms with Gasteiger partial charge >= 0.3 is 11.9 Å². The number of ether oxygens (including phenoxy) is 2. The van der Waals surface area contributed by atoms with Crippen molar-refractivity contribution in [3.8, 4) is 0 Å². The maximum Gasteiger partial charge on any atom is 0.332 e. The molecule has 0 aliphatic rings. The van der Waals surface area contributed by atoms with Crippen LogP contribution in [0.25, 0.3) is 0 Å². The Labute approximate surface area is 256 Å². The third-order valence-electron chi connectivity index (χ3n) is 6.10. The molecular formula is C34H47N3O6. The number of allylic oxidation sites excluding steroid dienone is 10. The second-order valence-corrected chi connectivity index (χ2v) is 9.75. The lowest BCUT2D eigenvalue weighted by atomic mass is 10.1. The Kier molecular flexibility index (Phi) is 19.9. The summed E-state index contributed by atoms with van der Waals surface area (Å²) in [5.41, 5.74) is 0.236. The number of nitrogens with one attached hydrogen (secondary N) is 2. The van der Waals surface area contributed by atoms with E-state index in [9.17, 15) is 19.2 Å². The summed E-state index contributed by atoms with van der Waals surface area (Å²) in [4.78, 5) is 53.4. The van der Waals surface area contributed by atoms with Gasteiger partial charge in [0.1, 0.15) is 12.1 Å². The highest BCUT2D eigenvalue weighted by molar-refractivity contribution is 5.96. The van der Waals surface area contributed by atoms with Crippen LogP contribution in [0.1, 0.15) is 82.5 Å². The van der Waals surface area contributed by atoms with Crippen molar-refractivity contribution in [2.75, 3.05) is 7.11 Å². The number of carbonyl (C=O) groups excluding carboxylic acids is 4. The number of amides is 2. The van der Waals surface area contributed by atoms with E-state index >= 15 is 0 Å². The SMILES string of the molecule is CC/C=C\C/C=C\C/C=C\C/C=C\C/C=C\CCCC(=O)N[C@@H](C)C(=O)O[C@@H](C)[C@H](NC(=O)c1cccnc1)C(=O)OC. The summed E-state index contributed by atoms with van der Waals surface area (Å²) < 4.78 is 10.1. The van der Waals surface area contributed by atoms with E-state index in [1.807, 2.05) is 6.08 Å². The molecule has 1 rings (SSSR count). The van der Waals surface area contributed by atoms with Gasteiger partial charge in [-0.05, 0) is 70.9 Å². The van der Waals surface area contributed by atoms with Gasteiger partial charge in [0, 0.05) is 18.8 Å². The number of nitrogens with zero attached hydrogens (tertiary/aromatic N) is 1. The predicted molar refractivity (Wildman–Crippen MR) is 169 cm³/mol. The van der Waals surface area contributed by atoms with Gasteiger partial charge in [0.05, 0.1) is 12.7 Å². The summed E-state index contributed by atoms with van der Waals surface area (Å²) in [6, 6.07) is 0.940. The highest BCUT2D eigenvalue weighted by Gasteiger charge is 2.32. The molecule has 0 aliphatic heterocycles. The maximum atomic E-state index is 12.6. The fourth-order valence-electron chi connectivity index (χ4n) is 3.69. The van der Waals surface area contributed by atoms with E-state index < -0.39 is 36.0 Å². The molecule has 0 aliphatic carbocycles. The van der Waals surface area contributed by atoms with E-state index in [-0.39, 0.29) is 17.9 Å². The highest BCUT2D eigenvalue weighted by atomic mass is 16.6. The van der Waals surface area contributed by atoms with Crippen LogP contribution in [0.5, 0.6) is 0 Å². The molecule has 9 nitrogen and oxygen atoms in total. The number of hydrogen-bond donors (Lipinski definition) is 2. The van der Waals surface area contributed by atoms with Gasteiger partial charge in [-0.15, -0.1) is 0 Å². The Morgan fingerprint density at radius 3 is 1.95 bits per heavy atom. The number of hydrogen-bond acceptors (Lipinski definition) is 7. The summed E-state index contributed by atoms with van der Waals surface area (Å²) >= 11 is 0. The van der Waals surface area contributed by atoms with Crippen LogP contribution in [0.15, 0.2) is 85.3 Å². The van der Waals surface area contributed by atoms with Crippen LogP contribution < -0.4 is 10.6 Å². The molecule has 234 valence electrons. The first-order valence-corrected chi connectivity index (χ1v) is 14.8. The minimum absolute atomic E-state index is 0.236. The lowest BCUT2D eigenvalue weighted by molar-refractivity contribution is -0.158. The average Bonchev–Trinajstić information content (AvgIpc) is 3.01. The zero-order chi connectivity index (χ0) is 31.7. The Bertz CT molecular complexity index is 1120. The molecule has 0 radical (unpaired) electrons. The van der Waals surface area contributed by atoms with E-state index in [1.165, 1.54) is 39.4 Å². The van der Waals surface area contributed by atoms with Crippen molar-refractivity contribution in [1.82, 2.24) is 15.6 Å². The van der Waals surface area contributed by atoms with Crippen molar-refractivity contribution >= 4 is 23.8 Å². The Hall–Kier alpha value is -4.27. The molecule has 1 heterocycles. The van der Waals surface area contributed by atoms with Crippen molar-refractivity contribution in [2.24, 2.45) is 0 Å². The summed E-state index contributed by atoms with van der Waals surface area (Å²) in [5.74, 6) is -2.36. The van der Waals surface area contributed by atoms with Crippen molar-refractivity contribution in [2.45, 2.75) is 90.3 Å². The Morgan fingerprint density at radius 2 is 1.42 bits per heavy atom. The van der Waals surface area contributed by atoms with Gasteiger partial charge in [-0.3, -0.25) is 14.6 Å². The predicted octanol–water partition coefficient (Wildman–Crippen LogP) is 5.71. The highest BCUT2D eigenvalue weighted by Crippen LogP contribution is 2.07. The number of rotatable bonds is 20. The summed E-state index contributed by atoms with van der Waals surface area (Å²) in [5, 5.41) is 5.12. The van der Waals surface area contributed by atoms with Crippen LogP contribution in [-0.4, -0.2) is 54.0 Å². The molecule has 1 aromatic heterocycles. The normalized spacial score (nSPS) is 14.0. The average molecular weight is 594 g/mol. The molecule has 3 atom stereocenters. The van der Waals surface area contributed by atoms with Crippen LogP contribution in [0.3, 0.4) is 0 Å². The van der Waals surface area contributed by atoms with E-state index in [0.29, 0.717) is 6.42 Å². The molecule has 0 saturated heterocycles. The molecule has 0 fully saturated rings. The molecule has 0 saturated carbocycles. The number of carbonyl (C=O) groups is 4. The minimum Gasteiger partial charge on any atom is -0.467 e. The van der Waals surface area contributed by atoms with Crippen LogP contribution in [0, 0.1) is 0 Å². The number of unbranched alkanes of at least 4 members (excludes halogenated alkanes) is 1. The van der Waals surface area contributed by atoms with E-state index in [1.54, 1.807) is 6.07 Å². The van der Waals surface area contributed by atoms with E-state index in [0.717, 1.165) is 38.5 Å². The van der Waals surface area contributed by atoms with Gasteiger partial charge in [-0.1, -0.05) is 67.7 Å².